The molecule has 1 aliphatic rings. The molecule has 1 heterocycles. The molecule has 0 aliphatic carbocycles. The minimum atomic E-state index is -1.42. The zero-order valence-electron chi connectivity index (χ0n) is 23.7. The van der Waals surface area contributed by atoms with E-state index in [4.69, 9.17) is 4.74 Å². The quantitative estimate of drug-likeness (QED) is 0.297. The number of amides is 2. The summed E-state index contributed by atoms with van der Waals surface area (Å²) < 4.78 is 44.3. The second-order valence-corrected chi connectivity index (χ2v) is 12.9. The highest BCUT2D eigenvalue weighted by Crippen LogP contribution is 2.32. The molecule has 1 aliphatic heterocycles. The molecule has 2 amide bonds. The Bertz CT molecular complexity index is 1210. The lowest BCUT2D eigenvalue weighted by Crippen LogP contribution is -2.54. The summed E-state index contributed by atoms with van der Waals surface area (Å²) >= 11 is -1.42. The normalized spacial score (nSPS) is 20.9. The monoisotopic (exact) mass is 577 g/mol. The van der Waals surface area contributed by atoms with Crippen LogP contribution in [0.2, 0.25) is 0 Å². The third kappa shape index (κ3) is 7.90. The van der Waals surface area contributed by atoms with E-state index in [2.05, 4.69) is 5.32 Å². The predicted molar refractivity (Wildman–Crippen MR) is 153 cm³/mol. The molecule has 3 N–H and O–H groups in total. The van der Waals surface area contributed by atoms with Gasteiger partial charge in [0.1, 0.15) is 23.4 Å². The molecule has 1 unspecified atom stereocenters. The Hall–Kier alpha value is -2.79. The Morgan fingerprint density at radius 3 is 2.42 bits per heavy atom. The van der Waals surface area contributed by atoms with Gasteiger partial charge in [0.2, 0.25) is 10.8 Å². The summed E-state index contributed by atoms with van der Waals surface area (Å²) in [5, 5.41) is 13.7. The van der Waals surface area contributed by atoms with Gasteiger partial charge in [0.05, 0.1) is 12.6 Å². The van der Waals surface area contributed by atoms with Gasteiger partial charge in [-0.25, -0.2) is 8.78 Å². The molecule has 6 atom stereocenters. The Morgan fingerprint density at radius 1 is 1.20 bits per heavy atom. The van der Waals surface area contributed by atoms with E-state index in [0.29, 0.717) is 10.6 Å². The Morgan fingerprint density at radius 2 is 1.82 bits per heavy atom. The second kappa shape index (κ2) is 13.2. The van der Waals surface area contributed by atoms with Crippen LogP contribution < -0.4 is 10.2 Å². The zero-order valence-corrected chi connectivity index (χ0v) is 24.5. The minimum absolute atomic E-state index is 0.0720. The van der Waals surface area contributed by atoms with Crippen molar-refractivity contribution >= 4 is 28.7 Å². The van der Waals surface area contributed by atoms with Gasteiger partial charge in [0.25, 0.3) is 5.91 Å². The molecule has 0 radical (unpaired) electrons. The molecular formula is C30H39F2N2O5S+. The van der Waals surface area contributed by atoms with Crippen LogP contribution in [0.25, 0.3) is 0 Å². The first-order valence-electron chi connectivity index (χ1n) is 13.2. The van der Waals surface area contributed by atoms with Gasteiger partial charge in [-0.1, -0.05) is 58.9 Å². The van der Waals surface area contributed by atoms with Gasteiger partial charge in [-0.15, -0.1) is 0 Å². The van der Waals surface area contributed by atoms with E-state index in [9.17, 15) is 28.0 Å². The molecule has 0 saturated carbocycles. The SMILES string of the molecule is CO[C@@H](C(=O)N[C@H]1C[S+](O)c2ccccc2N(Cc2cc(F)cc(F)c2)C1=O)[C@H](C)[C@@H](O)[C@H](C)/C=C/C(C)(C)C. The van der Waals surface area contributed by atoms with E-state index in [1.807, 2.05) is 39.8 Å². The van der Waals surface area contributed by atoms with E-state index < -0.39 is 58.8 Å². The molecule has 2 aromatic rings. The average Bonchev–Trinajstić information content (AvgIpc) is 2.96. The predicted octanol–water partition coefficient (Wildman–Crippen LogP) is 4.70. The number of hydrogen-bond acceptors (Lipinski definition) is 5. The number of benzene rings is 2. The fraction of sp³-hybridized carbons (Fsp3) is 0.467. The molecular weight excluding hydrogens is 538 g/mol. The second-order valence-electron chi connectivity index (χ2n) is 11.4. The van der Waals surface area contributed by atoms with E-state index in [1.165, 1.54) is 12.0 Å². The van der Waals surface area contributed by atoms with E-state index in [0.717, 1.165) is 18.2 Å². The van der Waals surface area contributed by atoms with Crippen molar-refractivity contribution < 1.29 is 32.8 Å². The number of nitrogens with one attached hydrogen (secondary N) is 1. The van der Waals surface area contributed by atoms with Crippen molar-refractivity contribution in [1.82, 2.24) is 5.32 Å². The largest absolute Gasteiger partial charge is 0.392 e. The number of carbonyl (C=O) groups is 2. The van der Waals surface area contributed by atoms with Gasteiger partial charge in [-0.05, 0) is 35.2 Å². The lowest BCUT2D eigenvalue weighted by molar-refractivity contribution is -0.140. The van der Waals surface area contributed by atoms with Crippen molar-refractivity contribution in [3.05, 3.63) is 71.8 Å². The van der Waals surface area contributed by atoms with Crippen molar-refractivity contribution in [1.29, 1.82) is 0 Å². The number of allylic oxidation sites excluding steroid dienone is 1. The number of para-hydroxylation sites is 1. The summed E-state index contributed by atoms with van der Waals surface area (Å²) in [6.07, 6.45) is 1.92. The number of rotatable bonds is 9. The molecule has 0 aromatic heterocycles. The van der Waals surface area contributed by atoms with Crippen LogP contribution >= 0.6 is 0 Å². The number of carbonyl (C=O) groups excluding carboxylic acids is 2. The number of nitrogens with zero attached hydrogens (tertiary/aromatic N) is 1. The van der Waals surface area contributed by atoms with E-state index in [-0.39, 0.29) is 29.2 Å². The van der Waals surface area contributed by atoms with Crippen LogP contribution in [0.15, 0.2) is 59.5 Å². The molecule has 0 fully saturated rings. The first kappa shape index (κ1) is 31.7. The van der Waals surface area contributed by atoms with Crippen molar-refractivity contribution in [3.63, 3.8) is 0 Å². The number of aliphatic hydroxyl groups is 1. The molecule has 7 nitrogen and oxygen atoms in total. The van der Waals surface area contributed by atoms with E-state index >= 15 is 0 Å². The highest BCUT2D eigenvalue weighted by Gasteiger charge is 2.43. The highest BCUT2D eigenvalue weighted by atomic mass is 32.2. The highest BCUT2D eigenvalue weighted by molar-refractivity contribution is 7.91. The fourth-order valence-electron chi connectivity index (χ4n) is 4.68. The lowest BCUT2D eigenvalue weighted by atomic mass is 9.86. The Kier molecular flexibility index (Phi) is 10.5. The van der Waals surface area contributed by atoms with Crippen LogP contribution in [-0.2, 0) is 32.0 Å². The molecule has 2 aromatic carbocycles. The number of anilines is 1. The molecule has 3 rings (SSSR count). The van der Waals surface area contributed by atoms with E-state index in [1.54, 1.807) is 31.2 Å². The van der Waals surface area contributed by atoms with Gasteiger partial charge in [0, 0.05) is 25.0 Å². The number of aliphatic hydroxyl groups excluding tert-OH is 1. The zero-order chi connectivity index (χ0) is 29.8. The number of hydrogen-bond donors (Lipinski definition) is 3. The maximum Gasteiger partial charge on any atom is 0.255 e. The first-order valence-corrected chi connectivity index (χ1v) is 14.5. The van der Waals surface area contributed by atoms with Gasteiger partial charge >= 0.3 is 0 Å². The van der Waals surface area contributed by atoms with Crippen LogP contribution in [0.3, 0.4) is 0 Å². The molecule has 218 valence electrons. The van der Waals surface area contributed by atoms with Gasteiger partial charge in [-0.2, -0.15) is 4.55 Å². The van der Waals surface area contributed by atoms with Gasteiger partial charge < -0.3 is 20.1 Å². The van der Waals surface area contributed by atoms with Gasteiger partial charge in [0.15, 0.2) is 23.0 Å². The maximum absolute atomic E-state index is 13.9. The molecule has 0 bridgehead atoms. The molecule has 0 saturated heterocycles. The third-order valence-corrected chi connectivity index (χ3v) is 8.35. The number of fused-ring (bicyclic) bond motifs is 1. The van der Waals surface area contributed by atoms with Crippen LogP contribution in [-0.4, -0.2) is 52.6 Å². The molecule has 40 heavy (non-hydrogen) atoms. The third-order valence-electron chi connectivity index (χ3n) is 6.85. The number of halogens is 2. The van der Waals surface area contributed by atoms with Crippen molar-refractivity contribution in [2.24, 2.45) is 17.3 Å². The first-order chi connectivity index (χ1) is 18.7. The van der Waals surface area contributed by atoms with Crippen LogP contribution in [0.4, 0.5) is 14.5 Å². The Labute approximate surface area is 237 Å². The maximum atomic E-state index is 13.9. The molecule has 0 spiro atoms. The summed E-state index contributed by atoms with van der Waals surface area (Å²) in [7, 11) is 1.36. The standard InChI is InChI=1S/C30H38F2N2O5S/c1-18(11-12-30(3,4)5)26(35)19(2)27(39-6)28(36)33-23-17-40(38)25-10-8-7-9-24(25)34(29(23)37)16-20-13-21(31)15-22(32)14-20/h7-15,18-19,23,26-27,35,38H,16-17H2,1-6H3/p+1/b12-11+/t18-,19-,23+,26+,27-,40?/m1/s1. The van der Waals surface area contributed by atoms with Crippen LogP contribution in [0, 0.1) is 28.9 Å². The summed E-state index contributed by atoms with van der Waals surface area (Å²) in [6, 6.07) is 8.61. The average molecular weight is 578 g/mol. The fourth-order valence-corrected chi connectivity index (χ4v) is 6.06. The smallest absolute Gasteiger partial charge is 0.255 e. The summed E-state index contributed by atoms with van der Waals surface area (Å²) in [5.41, 5.74) is 0.540. The number of methoxy groups -OCH3 is 1. The van der Waals surface area contributed by atoms with Crippen molar-refractivity contribution in [3.8, 4) is 0 Å². The van der Waals surface area contributed by atoms with Crippen molar-refractivity contribution in [2.45, 2.75) is 64.3 Å². The molecule has 10 heteroatoms. The summed E-state index contributed by atoms with van der Waals surface area (Å²) in [6.45, 7) is 9.51. The van der Waals surface area contributed by atoms with Crippen molar-refractivity contribution in [2.75, 3.05) is 17.8 Å². The Balaban J connectivity index is 1.85. The number of ether oxygens (including phenoxy) is 1. The summed E-state index contributed by atoms with van der Waals surface area (Å²) in [5.74, 6) is -3.69. The van der Waals surface area contributed by atoms with Crippen LogP contribution in [0.5, 0.6) is 0 Å². The summed E-state index contributed by atoms with van der Waals surface area (Å²) in [4.78, 5) is 29.0. The topological polar surface area (TPSA) is 99.1 Å². The lowest BCUT2D eigenvalue weighted by Gasteiger charge is -2.30. The van der Waals surface area contributed by atoms with Crippen LogP contribution in [0.1, 0.15) is 40.2 Å². The minimum Gasteiger partial charge on any atom is -0.392 e. The van der Waals surface area contributed by atoms with Gasteiger partial charge in [-0.3, -0.25) is 9.59 Å².